The minimum atomic E-state index is 0.659. The molecule has 0 bridgehead atoms. The summed E-state index contributed by atoms with van der Waals surface area (Å²) in [6, 6.07) is 18.1. The van der Waals surface area contributed by atoms with Crippen LogP contribution in [0.3, 0.4) is 0 Å². The lowest BCUT2D eigenvalue weighted by molar-refractivity contribution is 0.354. The first-order chi connectivity index (χ1) is 13.7. The Bertz CT molecular complexity index is 1120. The molecule has 28 heavy (non-hydrogen) atoms. The molecule has 0 unspecified atom stereocenters. The molecular formula is C23H21N3O2. The average Bonchev–Trinajstić information content (AvgIpc) is 3.14. The third-order valence-corrected chi connectivity index (χ3v) is 4.49. The first-order valence-electron chi connectivity index (χ1n) is 9.04. The van der Waals surface area contributed by atoms with Crippen LogP contribution >= 0.6 is 0 Å². The van der Waals surface area contributed by atoms with Gasteiger partial charge in [-0.1, -0.05) is 48.6 Å². The Balaban J connectivity index is 1.56. The molecule has 2 heterocycles. The third-order valence-electron chi connectivity index (χ3n) is 4.49. The van der Waals surface area contributed by atoms with Crippen molar-refractivity contribution in [2.24, 2.45) is 0 Å². The Morgan fingerprint density at radius 2 is 1.68 bits per heavy atom. The monoisotopic (exact) mass is 371 g/mol. The Hall–Kier alpha value is -3.60. The van der Waals surface area contributed by atoms with Crippen molar-refractivity contribution in [1.29, 1.82) is 0 Å². The summed E-state index contributed by atoms with van der Waals surface area (Å²) in [6.45, 7) is 0. The summed E-state index contributed by atoms with van der Waals surface area (Å²) >= 11 is 0. The lowest BCUT2D eigenvalue weighted by Gasteiger charge is -2.08. The summed E-state index contributed by atoms with van der Waals surface area (Å²) in [5.74, 6) is 2.29. The normalized spacial score (nSPS) is 11.2. The van der Waals surface area contributed by atoms with Gasteiger partial charge in [-0.15, -0.1) is 0 Å². The standard InChI is InChI=1S/C23H21N3O2/c1-27-20-11-10-17(13-21(20)28-2)14-22-25-19-12-18(15-24-23(19)26-22)9-8-16-6-4-3-5-7-16/h3-13,15H,14H2,1-2H3,(H,24,25,26)/b9-8+. The molecule has 2 aromatic carbocycles. The second-order valence-corrected chi connectivity index (χ2v) is 6.43. The number of aromatic nitrogens is 3. The molecule has 2 aromatic heterocycles. The molecule has 0 aliphatic rings. The summed E-state index contributed by atoms with van der Waals surface area (Å²) < 4.78 is 10.7. The summed E-state index contributed by atoms with van der Waals surface area (Å²) in [7, 11) is 3.27. The zero-order valence-electron chi connectivity index (χ0n) is 15.8. The van der Waals surface area contributed by atoms with E-state index >= 15 is 0 Å². The number of H-pyrrole nitrogens is 1. The number of hydrogen-bond donors (Lipinski definition) is 1. The van der Waals surface area contributed by atoms with Gasteiger partial charge in [0, 0.05) is 12.6 Å². The van der Waals surface area contributed by atoms with Crippen molar-refractivity contribution in [1.82, 2.24) is 15.0 Å². The van der Waals surface area contributed by atoms with Gasteiger partial charge in [-0.2, -0.15) is 0 Å². The average molecular weight is 371 g/mol. The minimum absolute atomic E-state index is 0.659. The van der Waals surface area contributed by atoms with Crippen LogP contribution in [0.2, 0.25) is 0 Å². The molecule has 5 nitrogen and oxygen atoms in total. The number of nitrogens with zero attached hydrogens (tertiary/aromatic N) is 2. The van der Waals surface area contributed by atoms with Gasteiger partial charge in [-0.3, -0.25) is 0 Å². The first kappa shape index (κ1) is 17.8. The number of hydrogen-bond acceptors (Lipinski definition) is 4. The number of imidazole rings is 1. The largest absolute Gasteiger partial charge is 0.493 e. The summed E-state index contributed by atoms with van der Waals surface area (Å²) in [4.78, 5) is 12.5. The second-order valence-electron chi connectivity index (χ2n) is 6.43. The van der Waals surface area contributed by atoms with Crippen molar-refractivity contribution < 1.29 is 9.47 Å². The number of methoxy groups -OCH3 is 2. The van der Waals surface area contributed by atoms with Gasteiger partial charge in [-0.05, 0) is 34.9 Å². The number of aromatic amines is 1. The van der Waals surface area contributed by atoms with Gasteiger partial charge in [-0.25, -0.2) is 9.97 Å². The highest BCUT2D eigenvalue weighted by Crippen LogP contribution is 2.28. The van der Waals surface area contributed by atoms with Crippen molar-refractivity contribution in [2.75, 3.05) is 14.2 Å². The molecule has 0 fully saturated rings. The first-order valence-corrected chi connectivity index (χ1v) is 9.04. The maximum absolute atomic E-state index is 5.38. The lowest BCUT2D eigenvalue weighted by atomic mass is 10.1. The predicted octanol–water partition coefficient (Wildman–Crippen LogP) is 4.74. The number of fused-ring (bicyclic) bond motifs is 1. The van der Waals surface area contributed by atoms with E-state index in [1.165, 1.54) is 0 Å². The number of pyridine rings is 1. The van der Waals surface area contributed by atoms with Gasteiger partial charge < -0.3 is 14.5 Å². The van der Waals surface area contributed by atoms with Crippen molar-refractivity contribution >= 4 is 23.3 Å². The molecule has 0 aliphatic heterocycles. The number of rotatable bonds is 6. The second kappa shape index (κ2) is 7.96. The van der Waals surface area contributed by atoms with E-state index < -0.39 is 0 Å². The molecule has 1 N–H and O–H groups in total. The van der Waals surface area contributed by atoms with Crippen LogP contribution in [0, 0.1) is 0 Å². The Kier molecular flexibility index (Phi) is 5.06. The van der Waals surface area contributed by atoms with E-state index in [1.807, 2.05) is 42.6 Å². The van der Waals surface area contributed by atoms with Crippen molar-refractivity contribution in [3.8, 4) is 11.5 Å². The molecule has 0 atom stereocenters. The van der Waals surface area contributed by atoms with E-state index in [9.17, 15) is 0 Å². The highest BCUT2D eigenvalue weighted by molar-refractivity contribution is 5.77. The molecule has 5 heteroatoms. The van der Waals surface area contributed by atoms with E-state index in [2.05, 4.69) is 45.3 Å². The van der Waals surface area contributed by atoms with Crippen LogP contribution < -0.4 is 9.47 Å². The highest BCUT2D eigenvalue weighted by atomic mass is 16.5. The van der Waals surface area contributed by atoms with Crippen LogP contribution in [0.15, 0.2) is 60.8 Å². The zero-order chi connectivity index (χ0) is 19.3. The lowest BCUT2D eigenvalue weighted by Crippen LogP contribution is -1.95. The van der Waals surface area contributed by atoms with Gasteiger partial charge in [0.25, 0.3) is 0 Å². The van der Waals surface area contributed by atoms with Crippen LogP contribution in [-0.4, -0.2) is 29.2 Å². The SMILES string of the molecule is COc1ccc(Cc2nc3ncc(/C=C/c4ccccc4)cc3[nH]2)cc1OC. The fourth-order valence-corrected chi connectivity index (χ4v) is 3.08. The fourth-order valence-electron chi connectivity index (χ4n) is 3.08. The van der Waals surface area contributed by atoms with Crippen LogP contribution in [0.25, 0.3) is 23.3 Å². The topological polar surface area (TPSA) is 60.0 Å². The van der Waals surface area contributed by atoms with E-state index in [4.69, 9.17) is 9.47 Å². The van der Waals surface area contributed by atoms with Gasteiger partial charge >= 0.3 is 0 Å². The Morgan fingerprint density at radius 3 is 2.46 bits per heavy atom. The molecule has 0 saturated heterocycles. The van der Waals surface area contributed by atoms with Crippen LogP contribution in [0.1, 0.15) is 22.5 Å². The molecular weight excluding hydrogens is 350 g/mol. The zero-order valence-corrected chi connectivity index (χ0v) is 15.8. The predicted molar refractivity (Wildman–Crippen MR) is 112 cm³/mol. The highest BCUT2D eigenvalue weighted by Gasteiger charge is 2.09. The Morgan fingerprint density at radius 1 is 0.893 bits per heavy atom. The van der Waals surface area contributed by atoms with E-state index in [0.717, 1.165) is 28.0 Å². The maximum Gasteiger partial charge on any atom is 0.177 e. The summed E-state index contributed by atoms with van der Waals surface area (Å²) in [6.07, 6.45) is 6.62. The van der Waals surface area contributed by atoms with Crippen LogP contribution in [0.4, 0.5) is 0 Å². The van der Waals surface area contributed by atoms with Crippen molar-refractivity contribution in [3.63, 3.8) is 0 Å². The smallest absolute Gasteiger partial charge is 0.177 e. The maximum atomic E-state index is 5.38. The van der Waals surface area contributed by atoms with E-state index in [1.54, 1.807) is 14.2 Å². The van der Waals surface area contributed by atoms with Gasteiger partial charge in [0.15, 0.2) is 17.1 Å². The van der Waals surface area contributed by atoms with Crippen molar-refractivity contribution in [2.45, 2.75) is 6.42 Å². The number of nitrogens with one attached hydrogen (secondary N) is 1. The number of benzene rings is 2. The number of ether oxygens (including phenoxy) is 2. The summed E-state index contributed by atoms with van der Waals surface area (Å²) in [5, 5.41) is 0. The third kappa shape index (κ3) is 3.88. The van der Waals surface area contributed by atoms with Gasteiger partial charge in [0.2, 0.25) is 0 Å². The molecule has 140 valence electrons. The van der Waals surface area contributed by atoms with Crippen molar-refractivity contribution in [3.05, 3.63) is 83.3 Å². The fraction of sp³-hybridized carbons (Fsp3) is 0.130. The Labute approximate surface area is 163 Å². The molecule has 0 saturated carbocycles. The van der Waals surface area contributed by atoms with E-state index in [-0.39, 0.29) is 0 Å². The van der Waals surface area contributed by atoms with Crippen LogP contribution in [-0.2, 0) is 6.42 Å². The van der Waals surface area contributed by atoms with Gasteiger partial charge in [0.05, 0.1) is 19.7 Å². The molecule has 4 rings (SSSR count). The quantitative estimate of drug-likeness (QED) is 0.532. The molecule has 0 aliphatic carbocycles. The summed E-state index contributed by atoms with van der Waals surface area (Å²) in [5.41, 5.74) is 4.90. The molecule has 0 spiro atoms. The van der Waals surface area contributed by atoms with Gasteiger partial charge in [0.1, 0.15) is 5.82 Å². The molecule has 0 radical (unpaired) electrons. The van der Waals surface area contributed by atoms with E-state index in [0.29, 0.717) is 23.6 Å². The molecule has 0 amide bonds. The minimum Gasteiger partial charge on any atom is -0.493 e. The molecule has 4 aromatic rings. The van der Waals surface area contributed by atoms with Crippen LogP contribution in [0.5, 0.6) is 11.5 Å².